The minimum atomic E-state index is -0.527. The number of aliphatic hydroxyl groups excluding tert-OH is 1. The number of ether oxygens (including phenoxy) is 2. The Kier molecular flexibility index (Phi) is 6.86. The molecule has 1 aliphatic rings. The van der Waals surface area contributed by atoms with Crippen LogP contribution in [0.1, 0.15) is 11.1 Å². The Morgan fingerprint density at radius 3 is 1.93 bits per heavy atom. The fourth-order valence-corrected chi connectivity index (χ4v) is 3.03. The standard InChI is InChI=1S/C21H24N2O5/c24-14-19-13-22(20(25)27-15-17-7-3-1-4-8-17)11-12-23(19)21(26)28-16-18-9-5-2-6-10-18/h1-10,19,24H,11-16H2. The largest absolute Gasteiger partial charge is 0.445 e. The number of hydrogen-bond donors (Lipinski definition) is 1. The molecule has 1 saturated heterocycles. The van der Waals surface area contributed by atoms with Crippen molar-refractivity contribution in [2.24, 2.45) is 0 Å². The number of nitrogens with zero attached hydrogens (tertiary/aromatic N) is 2. The van der Waals surface area contributed by atoms with Gasteiger partial charge in [-0.3, -0.25) is 4.90 Å². The lowest BCUT2D eigenvalue weighted by molar-refractivity contribution is 0.0171. The van der Waals surface area contributed by atoms with E-state index >= 15 is 0 Å². The van der Waals surface area contributed by atoms with Crippen LogP contribution in [0.25, 0.3) is 0 Å². The number of piperazine rings is 1. The molecule has 7 nitrogen and oxygen atoms in total. The van der Waals surface area contributed by atoms with Crippen molar-refractivity contribution in [2.75, 3.05) is 26.2 Å². The fraction of sp³-hybridized carbons (Fsp3) is 0.333. The van der Waals surface area contributed by atoms with Crippen LogP contribution in [0, 0.1) is 0 Å². The van der Waals surface area contributed by atoms with E-state index in [9.17, 15) is 14.7 Å². The molecular formula is C21H24N2O5. The number of hydrogen-bond acceptors (Lipinski definition) is 5. The average molecular weight is 384 g/mol. The van der Waals surface area contributed by atoms with Gasteiger partial charge < -0.3 is 19.5 Å². The van der Waals surface area contributed by atoms with Gasteiger partial charge in [0.15, 0.2) is 0 Å². The monoisotopic (exact) mass is 384 g/mol. The molecule has 3 rings (SSSR count). The molecule has 1 aliphatic heterocycles. The summed E-state index contributed by atoms with van der Waals surface area (Å²) in [6.45, 7) is 0.886. The van der Waals surface area contributed by atoms with E-state index in [0.29, 0.717) is 6.54 Å². The number of benzene rings is 2. The third kappa shape index (κ3) is 5.23. The lowest BCUT2D eigenvalue weighted by atomic mass is 10.2. The molecule has 0 bridgehead atoms. The van der Waals surface area contributed by atoms with Crippen LogP contribution in [0.3, 0.4) is 0 Å². The van der Waals surface area contributed by atoms with Crippen LogP contribution in [0.4, 0.5) is 9.59 Å². The Balaban J connectivity index is 1.49. The molecule has 0 aliphatic carbocycles. The van der Waals surface area contributed by atoms with E-state index in [0.717, 1.165) is 11.1 Å². The minimum absolute atomic E-state index is 0.164. The highest BCUT2D eigenvalue weighted by Crippen LogP contribution is 2.14. The molecule has 1 fully saturated rings. The van der Waals surface area contributed by atoms with E-state index < -0.39 is 18.2 Å². The molecule has 148 valence electrons. The summed E-state index contributed by atoms with van der Waals surface area (Å²) in [6, 6.07) is 18.3. The van der Waals surface area contributed by atoms with Gasteiger partial charge in [0.2, 0.25) is 0 Å². The normalized spacial score (nSPS) is 16.5. The molecule has 0 spiro atoms. The molecule has 2 aromatic carbocycles. The third-order valence-corrected chi connectivity index (χ3v) is 4.60. The summed E-state index contributed by atoms with van der Waals surface area (Å²) in [5.74, 6) is 0. The Morgan fingerprint density at radius 2 is 1.39 bits per heavy atom. The van der Waals surface area contributed by atoms with E-state index in [1.165, 1.54) is 9.80 Å². The van der Waals surface area contributed by atoms with Crippen LogP contribution in [-0.2, 0) is 22.7 Å². The maximum absolute atomic E-state index is 12.4. The molecule has 0 radical (unpaired) electrons. The summed E-state index contributed by atoms with van der Waals surface area (Å²) in [5.41, 5.74) is 1.79. The van der Waals surface area contributed by atoms with Gasteiger partial charge in [-0.25, -0.2) is 9.59 Å². The van der Waals surface area contributed by atoms with Gasteiger partial charge in [-0.2, -0.15) is 0 Å². The Bertz CT molecular complexity index is 769. The van der Waals surface area contributed by atoms with Gasteiger partial charge in [-0.1, -0.05) is 60.7 Å². The Labute approximate surface area is 164 Å². The predicted octanol–water partition coefficient (Wildman–Crippen LogP) is 2.64. The predicted molar refractivity (Wildman–Crippen MR) is 102 cm³/mol. The van der Waals surface area contributed by atoms with Crippen molar-refractivity contribution in [3.05, 3.63) is 71.8 Å². The number of aliphatic hydroxyl groups is 1. The highest BCUT2D eigenvalue weighted by atomic mass is 16.6. The van der Waals surface area contributed by atoms with Crippen LogP contribution in [0.2, 0.25) is 0 Å². The molecule has 1 N–H and O–H groups in total. The van der Waals surface area contributed by atoms with Crippen molar-refractivity contribution < 1.29 is 24.2 Å². The molecule has 2 amide bonds. The van der Waals surface area contributed by atoms with Crippen molar-refractivity contribution in [1.29, 1.82) is 0 Å². The van der Waals surface area contributed by atoms with Gasteiger partial charge in [0, 0.05) is 19.6 Å². The first-order chi connectivity index (χ1) is 13.7. The molecular weight excluding hydrogens is 360 g/mol. The number of carbonyl (C=O) groups is 2. The second-order valence-electron chi connectivity index (χ2n) is 6.56. The van der Waals surface area contributed by atoms with Crippen LogP contribution >= 0.6 is 0 Å². The van der Waals surface area contributed by atoms with Gasteiger partial charge in [-0.15, -0.1) is 0 Å². The number of carbonyl (C=O) groups excluding carboxylic acids is 2. The molecule has 28 heavy (non-hydrogen) atoms. The summed E-state index contributed by atoms with van der Waals surface area (Å²) in [7, 11) is 0. The van der Waals surface area contributed by atoms with Gasteiger partial charge in [0.25, 0.3) is 0 Å². The third-order valence-electron chi connectivity index (χ3n) is 4.60. The summed E-state index contributed by atoms with van der Waals surface area (Å²) >= 11 is 0. The summed E-state index contributed by atoms with van der Waals surface area (Å²) in [4.78, 5) is 27.7. The minimum Gasteiger partial charge on any atom is -0.445 e. The highest BCUT2D eigenvalue weighted by molar-refractivity contribution is 5.70. The zero-order chi connectivity index (χ0) is 19.8. The zero-order valence-corrected chi connectivity index (χ0v) is 15.6. The fourth-order valence-electron chi connectivity index (χ4n) is 3.03. The molecule has 0 aromatic heterocycles. The summed E-state index contributed by atoms with van der Waals surface area (Å²) in [6.07, 6.45) is -0.959. The topological polar surface area (TPSA) is 79.3 Å². The Morgan fingerprint density at radius 1 is 0.857 bits per heavy atom. The second kappa shape index (κ2) is 9.75. The highest BCUT2D eigenvalue weighted by Gasteiger charge is 2.33. The SMILES string of the molecule is O=C(OCc1ccccc1)N1CCN(C(=O)OCc2ccccc2)C(CO)C1. The first-order valence-corrected chi connectivity index (χ1v) is 9.21. The van der Waals surface area contributed by atoms with Crippen LogP contribution in [0.15, 0.2) is 60.7 Å². The molecule has 1 heterocycles. The summed E-state index contributed by atoms with van der Waals surface area (Å²) in [5, 5.41) is 9.67. The molecule has 2 aromatic rings. The van der Waals surface area contributed by atoms with E-state index in [2.05, 4.69) is 0 Å². The maximum Gasteiger partial charge on any atom is 0.410 e. The quantitative estimate of drug-likeness (QED) is 0.857. The van der Waals surface area contributed by atoms with Crippen molar-refractivity contribution in [3.63, 3.8) is 0 Å². The second-order valence-corrected chi connectivity index (χ2v) is 6.56. The van der Waals surface area contributed by atoms with Crippen molar-refractivity contribution >= 4 is 12.2 Å². The van der Waals surface area contributed by atoms with Gasteiger partial charge in [-0.05, 0) is 11.1 Å². The summed E-state index contributed by atoms with van der Waals surface area (Å²) < 4.78 is 10.7. The lowest BCUT2D eigenvalue weighted by Crippen LogP contribution is -2.58. The van der Waals surface area contributed by atoms with E-state index in [1.807, 2.05) is 60.7 Å². The average Bonchev–Trinajstić information content (AvgIpc) is 2.76. The molecule has 7 heteroatoms. The van der Waals surface area contributed by atoms with E-state index in [-0.39, 0.29) is 32.9 Å². The van der Waals surface area contributed by atoms with E-state index in [1.54, 1.807) is 0 Å². The smallest absolute Gasteiger partial charge is 0.410 e. The Hall–Kier alpha value is -3.06. The van der Waals surface area contributed by atoms with Gasteiger partial charge in [0.05, 0.1) is 12.6 Å². The van der Waals surface area contributed by atoms with Crippen LogP contribution in [-0.4, -0.2) is 59.4 Å². The molecule has 1 unspecified atom stereocenters. The number of rotatable bonds is 5. The van der Waals surface area contributed by atoms with Crippen molar-refractivity contribution in [1.82, 2.24) is 9.80 Å². The molecule has 0 saturated carbocycles. The van der Waals surface area contributed by atoms with Gasteiger partial charge >= 0.3 is 12.2 Å². The zero-order valence-electron chi connectivity index (χ0n) is 15.6. The van der Waals surface area contributed by atoms with Crippen molar-refractivity contribution in [3.8, 4) is 0 Å². The maximum atomic E-state index is 12.4. The van der Waals surface area contributed by atoms with Gasteiger partial charge in [0.1, 0.15) is 13.2 Å². The van der Waals surface area contributed by atoms with E-state index in [4.69, 9.17) is 9.47 Å². The first kappa shape index (κ1) is 19.7. The van der Waals surface area contributed by atoms with Crippen LogP contribution in [0.5, 0.6) is 0 Å². The first-order valence-electron chi connectivity index (χ1n) is 9.21. The number of amides is 2. The molecule has 1 atom stereocenters. The lowest BCUT2D eigenvalue weighted by Gasteiger charge is -2.39. The van der Waals surface area contributed by atoms with Crippen LogP contribution < -0.4 is 0 Å². The van der Waals surface area contributed by atoms with Crippen molar-refractivity contribution in [2.45, 2.75) is 19.3 Å².